The van der Waals surface area contributed by atoms with Crippen LogP contribution in [-0.2, 0) is 0 Å². The van der Waals surface area contributed by atoms with Crippen molar-refractivity contribution >= 4 is 57.2 Å². The lowest BCUT2D eigenvalue weighted by Gasteiger charge is -2.36. The average molecular weight is 494 g/mol. The monoisotopic (exact) mass is 493 g/mol. The molecule has 2 amide bonds. The van der Waals surface area contributed by atoms with Gasteiger partial charge < -0.3 is 19.5 Å². The molecule has 2 heterocycles. The van der Waals surface area contributed by atoms with Crippen LogP contribution < -0.4 is 10.2 Å². The van der Waals surface area contributed by atoms with Crippen LogP contribution in [0.4, 0.5) is 11.4 Å². The molecule has 0 bridgehead atoms. The first-order chi connectivity index (χ1) is 16.5. The van der Waals surface area contributed by atoms with Gasteiger partial charge in [0, 0.05) is 47.8 Å². The Morgan fingerprint density at radius 1 is 0.824 bits per heavy atom. The molecular weight excluding hydrogens is 473 g/mol. The summed E-state index contributed by atoms with van der Waals surface area (Å²) in [5.41, 5.74) is 2.00. The molecule has 0 saturated carbocycles. The highest BCUT2D eigenvalue weighted by molar-refractivity contribution is 6.36. The van der Waals surface area contributed by atoms with E-state index in [0.29, 0.717) is 53.2 Å². The molecule has 1 aromatic heterocycles. The fourth-order valence-corrected chi connectivity index (χ4v) is 4.75. The molecule has 0 spiro atoms. The van der Waals surface area contributed by atoms with Crippen LogP contribution in [0.1, 0.15) is 20.9 Å². The number of halogens is 2. The van der Waals surface area contributed by atoms with Gasteiger partial charge in [0.15, 0.2) is 5.76 Å². The molecule has 0 aliphatic carbocycles. The molecule has 5 rings (SSSR count). The zero-order valence-corrected chi connectivity index (χ0v) is 19.6. The third kappa shape index (κ3) is 4.34. The Hall–Kier alpha value is -3.48. The van der Waals surface area contributed by atoms with Crippen LogP contribution >= 0.6 is 23.2 Å². The minimum absolute atomic E-state index is 0.108. The van der Waals surface area contributed by atoms with Gasteiger partial charge in [-0.05, 0) is 47.9 Å². The third-order valence-corrected chi connectivity index (χ3v) is 6.59. The minimum atomic E-state index is -0.235. The molecule has 34 heavy (non-hydrogen) atoms. The summed E-state index contributed by atoms with van der Waals surface area (Å²) in [4.78, 5) is 29.4. The molecule has 6 nitrogen and oxygen atoms in total. The molecule has 0 radical (unpaired) electrons. The first-order valence-corrected chi connectivity index (χ1v) is 11.6. The topological polar surface area (TPSA) is 65.8 Å². The first-order valence-electron chi connectivity index (χ1n) is 10.9. The number of carbonyl (C=O) groups is 2. The molecule has 0 unspecified atom stereocenters. The Labute approximate surface area is 206 Å². The van der Waals surface area contributed by atoms with Gasteiger partial charge in [0.25, 0.3) is 11.8 Å². The molecule has 1 N–H and O–H groups in total. The molecule has 1 aliphatic heterocycles. The standard InChI is InChI=1S/C26H21Cl2N3O3/c27-21-7-2-4-18-19(21)5-1-6-20(18)25(32)29-17-9-10-23(22(28)16-17)30-11-13-31(14-12-30)26(33)24-8-3-15-34-24/h1-10,15-16H,11-14H2,(H,29,32). The summed E-state index contributed by atoms with van der Waals surface area (Å²) in [5.74, 6) is 0.00492. The van der Waals surface area contributed by atoms with Gasteiger partial charge in [0.2, 0.25) is 0 Å². The van der Waals surface area contributed by atoms with E-state index in [1.165, 1.54) is 6.26 Å². The number of nitrogens with zero attached hydrogens (tertiary/aromatic N) is 2. The molecule has 172 valence electrons. The van der Waals surface area contributed by atoms with Crippen LogP contribution in [0.5, 0.6) is 0 Å². The molecule has 1 fully saturated rings. The van der Waals surface area contributed by atoms with Crippen molar-refractivity contribution < 1.29 is 14.0 Å². The lowest BCUT2D eigenvalue weighted by Crippen LogP contribution is -2.48. The minimum Gasteiger partial charge on any atom is -0.459 e. The highest BCUT2D eigenvalue weighted by Gasteiger charge is 2.25. The van der Waals surface area contributed by atoms with Crippen LogP contribution in [0.25, 0.3) is 10.8 Å². The number of fused-ring (bicyclic) bond motifs is 1. The number of piperazine rings is 1. The average Bonchev–Trinajstić information content (AvgIpc) is 3.39. The maximum Gasteiger partial charge on any atom is 0.289 e. The number of anilines is 2. The second-order valence-electron chi connectivity index (χ2n) is 8.02. The van der Waals surface area contributed by atoms with Gasteiger partial charge in [-0.2, -0.15) is 0 Å². The second kappa shape index (κ2) is 9.41. The summed E-state index contributed by atoms with van der Waals surface area (Å²) < 4.78 is 5.22. The molecule has 8 heteroatoms. The summed E-state index contributed by atoms with van der Waals surface area (Å²) in [6.07, 6.45) is 1.50. The van der Waals surface area contributed by atoms with E-state index in [9.17, 15) is 9.59 Å². The van der Waals surface area contributed by atoms with Crippen molar-refractivity contribution in [2.45, 2.75) is 0 Å². The van der Waals surface area contributed by atoms with E-state index >= 15 is 0 Å². The van der Waals surface area contributed by atoms with Gasteiger partial charge in [-0.3, -0.25) is 9.59 Å². The van der Waals surface area contributed by atoms with E-state index in [1.54, 1.807) is 35.2 Å². The fourth-order valence-electron chi connectivity index (χ4n) is 4.22. The summed E-state index contributed by atoms with van der Waals surface area (Å²) in [6, 6.07) is 19.8. The highest BCUT2D eigenvalue weighted by Crippen LogP contribution is 2.31. The van der Waals surface area contributed by atoms with Gasteiger partial charge in [-0.25, -0.2) is 0 Å². The SMILES string of the molecule is O=C(Nc1ccc(N2CCN(C(=O)c3ccco3)CC2)c(Cl)c1)c1cccc2c(Cl)cccc12. The van der Waals surface area contributed by atoms with Crippen LogP contribution in [-0.4, -0.2) is 42.9 Å². The summed E-state index contributed by atoms with van der Waals surface area (Å²) >= 11 is 12.9. The van der Waals surface area contributed by atoms with E-state index in [1.807, 2.05) is 36.4 Å². The van der Waals surface area contributed by atoms with E-state index < -0.39 is 0 Å². The summed E-state index contributed by atoms with van der Waals surface area (Å²) in [5, 5.41) is 5.68. The van der Waals surface area contributed by atoms with Crippen molar-refractivity contribution in [3.8, 4) is 0 Å². The van der Waals surface area contributed by atoms with E-state index in [2.05, 4.69) is 10.2 Å². The van der Waals surface area contributed by atoms with Crippen LogP contribution in [0, 0.1) is 0 Å². The maximum atomic E-state index is 13.0. The van der Waals surface area contributed by atoms with Crippen molar-refractivity contribution in [1.82, 2.24) is 4.90 Å². The Morgan fingerprint density at radius 2 is 1.59 bits per heavy atom. The van der Waals surface area contributed by atoms with Crippen molar-refractivity contribution in [2.75, 3.05) is 36.4 Å². The van der Waals surface area contributed by atoms with Crippen molar-refractivity contribution in [1.29, 1.82) is 0 Å². The number of hydrogen-bond donors (Lipinski definition) is 1. The second-order valence-corrected chi connectivity index (χ2v) is 8.83. The molecule has 3 aromatic carbocycles. The predicted molar refractivity (Wildman–Crippen MR) is 135 cm³/mol. The largest absolute Gasteiger partial charge is 0.459 e. The molecule has 1 aliphatic rings. The third-order valence-electron chi connectivity index (χ3n) is 5.96. The number of nitrogens with one attached hydrogen (secondary N) is 1. The van der Waals surface area contributed by atoms with E-state index in [0.717, 1.165) is 16.5 Å². The zero-order valence-electron chi connectivity index (χ0n) is 18.1. The van der Waals surface area contributed by atoms with Gasteiger partial charge in [0.05, 0.1) is 17.0 Å². The number of hydrogen-bond acceptors (Lipinski definition) is 4. The number of benzene rings is 3. The van der Waals surface area contributed by atoms with Gasteiger partial charge in [-0.1, -0.05) is 47.5 Å². The lowest BCUT2D eigenvalue weighted by atomic mass is 10.0. The Kier molecular flexibility index (Phi) is 6.18. The quantitative estimate of drug-likeness (QED) is 0.381. The number of furan rings is 1. The van der Waals surface area contributed by atoms with Gasteiger partial charge in [-0.15, -0.1) is 0 Å². The lowest BCUT2D eigenvalue weighted by molar-refractivity contribution is 0.0714. The fraction of sp³-hybridized carbons (Fsp3) is 0.154. The van der Waals surface area contributed by atoms with Crippen molar-refractivity contribution in [2.24, 2.45) is 0 Å². The number of rotatable bonds is 4. The van der Waals surface area contributed by atoms with E-state index in [-0.39, 0.29) is 11.8 Å². The number of carbonyl (C=O) groups excluding carboxylic acids is 2. The summed E-state index contributed by atoms with van der Waals surface area (Å²) in [6.45, 7) is 2.43. The summed E-state index contributed by atoms with van der Waals surface area (Å²) in [7, 11) is 0. The van der Waals surface area contributed by atoms with Crippen molar-refractivity contribution in [3.63, 3.8) is 0 Å². The van der Waals surface area contributed by atoms with Gasteiger partial charge >= 0.3 is 0 Å². The number of amides is 2. The van der Waals surface area contributed by atoms with Crippen LogP contribution in [0.15, 0.2) is 77.4 Å². The van der Waals surface area contributed by atoms with Gasteiger partial charge in [0.1, 0.15) is 0 Å². The molecular formula is C26H21Cl2N3O3. The van der Waals surface area contributed by atoms with E-state index in [4.69, 9.17) is 27.6 Å². The molecule has 4 aromatic rings. The molecule has 0 atom stereocenters. The maximum absolute atomic E-state index is 13.0. The first kappa shape index (κ1) is 22.3. The predicted octanol–water partition coefficient (Wildman–Crippen LogP) is 5.95. The van der Waals surface area contributed by atoms with Crippen molar-refractivity contribution in [3.05, 3.63) is 94.4 Å². The van der Waals surface area contributed by atoms with Crippen LogP contribution in [0.2, 0.25) is 10.0 Å². The molecule has 1 saturated heterocycles. The smallest absolute Gasteiger partial charge is 0.289 e. The Bertz CT molecular complexity index is 1360. The highest BCUT2D eigenvalue weighted by atomic mass is 35.5. The Balaban J connectivity index is 1.27. The normalized spacial score (nSPS) is 13.8. The zero-order chi connectivity index (χ0) is 23.7. The Morgan fingerprint density at radius 3 is 2.32 bits per heavy atom. The van der Waals surface area contributed by atoms with Crippen LogP contribution in [0.3, 0.4) is 0 Å².